The Labute approximate surface area is 125 Å². The summed E-state index contributed by atoms with van der Waals surface area (Å²) in [5.41, 5.74) is 2.62. The number of nitrogens with zero attached hydrogens (tertiary/aromatic N) is 3. The smallest absolute Gasteiger partial charge is 0.176 e. The number of imidazole rings is 1. The first kappa shape index (κ1) is 14.2. The van der Waals surface area contributed by atoms with E-state index in [2.05, 4.69) is 26.7 Å². The van der Waals surface area contributed by atoms with E-state index in [4.69, 9.17) is 0 Å². The molecule has 5 heteroatoms. The van der Waals surface area contributed by atoms with Gasteiger partial charge in [-0.1, -0.05) is 6.92 Å². The van der Waals surface area contributed by atoms with Gasteiger partial charge in [0.25, 0.3) is 0 Å². The molecule has 1 aromatic carbocycles. The average Bonchev–Trinajstić information content (AvgIpc) is 2.87. The summed E-state index contributed by atoms with van der Waals surface area (Å²) in [6, 6.07) is 5.72. The largest absolute Gasteiger partial charge is 0.342 e. The highest BCUT2D eigenvalue weighted by Gasteiger charge is 2.18. The van der Waals surface area contributed by atoms with Crippen LogP contribution in [0.15, 0.2) is 18.2 Å². The first-order chi connectivity index (χ1) is 10.2. The van der Waals surface area contributed by atoms with Crippen LogP contribution in [0.5, 0.6) is 0 Å². The molecule has 3 rings (SSSR count). The summed E-state index contributed by atoms with van der Waals surface area (Å²) in [5.74, 6) is 1.07. The molecule has 1 saturated heterocycles. The van der Waals surface area contributed by atoms with Crippen LogP contribution in [0.4, 0.5) is 0 Å². The van der Waals surface area contributed by atoms with Crippen LogP contribution >= 0.6 is 0 Å². The number of hydrogen-bond donors (Lipinski definition) is 1. The van der Waals surface area contributed by atoms with Gasteiger partial charge in [0.1, 0.15) is 5.82 Å². The predicted octanol–water partition coefficient (Wildman–Crippen LogP) is 1.69. The number of aromatic nitrogens is 2. The number of ketones is 1. The van der Waals surface area contributed by atoms with E-state index in [1.54, 1.807) is 0 Å². The summed E-state index contributed by atoms with van der Waals surface area (Å²) in [7, 11) is 0. The molecule has 1 fully saturated rings. The van der Waals surface area contributed by atoms with Gasteiger partial charge in [0.2, 0.25) is 0 Å². The van der Waals surface area contributed by atoms with E-state index < -0.39 is 0 Å². The van der Waals surface area contributed by atoms with Crippen molar-refractivity contribution in [3.05, 3.63) is 29.6 Å². The van der Waals surface area contributed by atoms with Gasteiger partial charge in [0.15, 0.2) is 5.78 Å². The zero-order valence-electron chi connectivity index (χ0n) is 12.7. The summed E-state index contributed by atoms with van der Waals surface area (Å²) in [6.45, 7) is 9.78. The minimum absolute atomic E-state index is 0.189. The lowest BCUT2D eigenvalue weighted by Gasteiger charge is -2.33. The molecular formula is C16H22N4O. The molecule has 1 aliphatic heterocycles. The number of likely N-dealkylation sites (N-methyl/N-ethyl adjacent to an activating group) is 1. The number of hydrogen-bond acceptors (Lipinski definition) is 4. The molecule has 0 unspecified atom stereocenters. The molecule has 112 valence electrons. The number of Topliss-reactive ketones (excluding diaryl/α,β-unsaturated/α-hetero) is 1. The number of benzene rings is 1. The summed E-state index contributed by atoms with van der Waals surface area (Å²) >= 11 is 0. The Kier molecular flexibility index (Phi) is 4.03. The van der Waals surface area contributed by atoms with Crippen LogP contribution in [0.2, 0.25) is 0 Å². The Morgan fingerprint density at radius 3 is 2.67 bits per heavy atom. The van der Waals surface area contributed by atoms with Gasteiger partial charge in [-0.2, -0.15) is 0 Å². The third kappa shape index (κ3) is 3.14. The van der Waals surface area contributed by atoms with Crippen molar-refractivity contribution in [3.63, 3.8) is 0 Å². The quantitative estimate of drug-likeness (QED) is 0.869. The topological polar surface area (TPSA) is 52.2 Å². The SMILES string of the molecule is CCN1CCN(CC(=O)c2ccc3nc(C)[nH]c3c2)CC1. The van der Waals surface area contributed by atoms with E-state index in [0.29, 0.717) is 6.54 Å². The van der Waals surface area contributed by atoms with E-state index in [0.717, 1.165) is 55.1 Å². The highest BCUT2D eigenvalue weighted by molar-refractivity contribution is 6.00. The van der Waals surface area contributed by atoms with E-state index in [1.165, 1.54) is 0 Å². The van der Waals surface area contributed by atoms with Gasteiger partial charge in [0, 0.05) is 31.7 Å². The Balaban J connectivity index is 1.66. The Bertz CT molecular complexity index is 641. The third-order valence-corrected chi connectivity index (χ3v) is 4.20. The number of carbonyl (C=O) groups is 1. The molecule has 0 aliphatic carbocycles. The van der Waals surface area contributed by atoms with Crippen LogP contribution in [0, 0.1) is 6.92 Å². The summed E-state index contributed by atoms with van der Waals surface area (Å²) in [4.78, 5) is 24.6. The van der Waals surface area contributed by atoms with Crippen LogP contribution in [-0.4, -0.2) is 64.8 Å². The molecule has 0 bridgehead atoms. The minimum atomic E-state index is 0.189. The molecule has 1 aliphatic rings. The molecule has 2 aromatic rings. The number of nitrogens with one attached hydrogen (secondary N) is 1. The van der Waals surface area contributed by atoms with Crippen LogP contribution in [0.25, 0.3) is 11.0 Å². The van der Waals surface area contributed by atoms with Gasteiger partial charge >= 0.3 is 0 Å². The van der Waals surface area contributed by atoms with Gasteiger partial charge in [-0.25, -0.2) is 4.98 Å². The Morgan fingerprint density at radius 2 is 1.95 bits per heavy atom. The average molecular weight is 286 g/mol. The normalized spacial score (nSPS) is 17.4. The highest BCUT2D eigenvalue weighted by atomic mass is 16.1. The summed E-state index contributed by atoms with van der Waals surface area (Å²) in [5, 5.41) is 0. The maximum Gasteiger partial charge on any atom is 0.176 e. The van der Waals surface area contributed by atoms with Gasteiger partial charge in [-0.3, -0.25) is 9.69 Å². The number of aryl methyl sites for hydroxylation is 1. The number of piperazine rings is 1. The molecule has 2 heterocycles. The number of carbonyl (C=O) groups excluding carboxylic acids is 1. The van der Waals surface area contributed by atoms with Crippen molar-refractivity contribution in [1.82, 2.24) is 19.8 Å². The molecule has 21 heavy (non-hydrogen) atoms. The molecule has 1 aromatic heterocycles. The minimum Gasteiger partial charge on any atom is -0.342 e. The van der Waals surface area contributed by atoms with Crippen LogP contribution in [-0.2, 0) is 0 Å². The third-order valence-electron chi connectivity index (χ3n) is 4.20. The fourth-order valence-electron chi connectivity index (χ4n) is 2.87. The first-order valence-corrected chi connectivity index (χ1v) is 7.60. The predicted molar refractivity (Wildman–Crippen MR) is 83.7 cm³/mol. The van der Waals surface area contributed by atoms with E-state index in [-0.39, 0.29) is 5.78 Å². The Morgan fingerprint density at radius 1 is 1.24 bits per heavy atom. The van der Waals surface area contributed by atoms with Crippen molar-refractivity contribution in [1.29, 1.82) is 0 Å². The van der Waals surface area contributed by atoms with Crippen molar-refractivity contribution in [2.45, 2.75) is 13.8 Å². The fraction of sp³-hybridized carbons (Fsp3) is 0.500. The number of rotatable bonds is 4. The lowest BCUT2D eigenvalue weighted by Crippen LogP contribution is -2.47. The molecule has 5 nitrogen and oxygen atoms in total. The first-order valence-electron chi connectivity index (χ1n) is 7.60. The number of fused-ring (bicyclic) bond motifs is 1. The van der Waals surface area contributed by atoms with E-state index in [1.807, 2.05) is 25.1 Å². The molecule has 0 amide bonds. The van der Waals surface area contributed by atoms with Crippen LogP contribution < -0.4 is 0 Å². The van der Waals surface area contributed by atoms with Gasteiger partial charge in [-0.05, 0) is 31.7 Å². The fourth-order valence-corrected chi connectivity index (χ4v) is 2.87. The Hall–Kier alpha value is -1.72. The van der Waals surface area contributed by atoms with Gasteiger partial charge < -0.3 is 9.88 Å². The second-order valence-electron chi connectivity index (χ2n) is 5.69. The zero-order chi connectivity index (χ0) is 14.8. The van der Waals surface area contributed by atoms with Crippen LogP contribution in [0.1, 0.15) is 23.1 Å². The lowest BCUT2D eigenvalue weighted by molar-refractivity contribution is 0.0859. The molecule has 0 saturated carbocycles. The van der Waals surface area contributed by atoms with Crippen molar-refractivity contribution in [2.24, 2.45) is 0 Å². The monoisotopic (exact) mass is 286 g/mol. The second kappa shape index (κ2) is 5.95. The summed E-state index contributed by atoms with van der Waals surface area (Å²) < 4.78 is 0. The van der Waals surface area contributed by atoms with Crippen molar-refractivity contribution in [3.8, 4) is 0 Å². The molecule has 0 spiro atoms. The van der Waals surface area contributed by atoms with E-state index in [9.17, 15) is 4.79 Å². The van der Waals surface area contributed by atoms with Gasteiger partial charge in [0.05, 0.1) is 17.6 Å². The van der Waals surface area contributed by atoms with Crippen molar-refractivity contribution in [2.75, 3.05) is 39.3 Å². The number of H-pyrrole nitrogens is 1. The van der Waals surface area contributed by atoms with Crippen LogP contribution in [0.3, 0.4) is 0 Å². The second-order valence-corrected chi connectivity index (χ2v) is 5.69. The maximum atomic E-state index is 12.4. The highest BCUT2D eigenvalue weighted by Crippen LogP contribution is 2.14. The van der Waals surface area contributed by atoms with E-state index >= 15 is 0 Å². The summed E-state index contributed by atoms with van der Waals surface area (Å²) in [6.07, 6.45) is 0. The maximum absolute atomic E-state index is 12.4. The standard InChI is InChI=1S/C16H22N4O/c1-3-19-6-8-20(9-7-19)11-16(21)13-4-5-14-15(10-13)18-12(2)17-14/h4-5,10H,3,6-9,11H2,1-2H3,(H,17,18). The lowest BCUT2D eigenvalue weighted by atomic mass is 10.1. The van der Waals surface area contributed by atoms with Gasteiger partial charge in [-0.15, -0.1) is 0 Å². The molecule has 0 atom stereocenters. The molecular weight excluding hydrogens is 264 g/mol. The van der Waals surface area contributed by atoms with Crippen molar-refractivity contribution < 1.29 is 4.79 Å². The van der Waals surface area contributed by atoms with Crippen molar-refractivity contribution >= 4 is 16.8 Å². The zero-order valence-corrected chi connectivity index (χ0v) is 12.7. The molecule has 1 N–H and O–H groups in total. The molecule has 0 radical (unpaired) electrons. The number of aromatic amines is 1.